The predicted molar refractivity (Wildman–Crippen MR) is 95.4 cm³/mol. The van der Waals surface area contributed by atoms with Gasteiger partial charge in [0.1, 0.15) is 5.82 Å². The molecular formula is C19H29N3O. The molecule has 1 heterocycles. The average molecular weight is 315 g/mol. The van der Waals surface area contributed by atoms with Gasteiger partial charge in [-0.15, -0.1) is 0 Å². The van der Waals surface area contributed by atoms with E-state index in [4.69, 9.17) is 4.98 Å². The van der Waals surface area contributed by atoms with Crippen LogP contribution in [0.15, 0.2) is 24.3 Å². The van der Waals surface area contributed by atoms with E-state index in [1.807, 2.05) is 13.0 Å². The Balaban J connectivity index is 2.00. The molecule has 126 valence electrons. The molecule has 1 aromatic heterocycles. The second-order valence-electron chi connectivity index (χ2n) is 6.55. The Hall–Kier alpha value is -1.84. The molecule has 0 fully saturated rings. The Labute approximate surface area is 139 Å². The summed E-state index contributed by atoms with van der Waals surface area (Å²) in [5.41, 5.74) is 2.29. The van der Waals surface area contributed by atoms with Crippen LogP contribution in [0.2, 0.25) is 0 Å². The smallest absolute Gasteiger partial charge is 0.219 e. The lowest BCUT2D eigenvalue weighted by Crippen LogP contribution is -2.24. The van der Waals surface area contributed by atoms with Crippen molar-refractivity contribution in [2.75, 3.05) is 6.54 Å². The van der Waals surface area contributed by atoms with E-state index in [1.165, 1.54) is 5.52 Å². The van der Waals surface area contributed by atoms with E-state index in [2.05, 4.69) is 41.9 Å². The molecule has 0 saturated heterocycles. The van der Waals surface area contributed by atoms with Gasteiger partial charge >= 0.3 is 0 Å². The van der Waals surface area contributed by atoms with E-state index in [1.54, 1.807) is 0 Å². The summed E-state index contributed by atoms with van der Waals surface area (Å²) in [6, 6.07) is 8.34. The number of carbonyl (C=O) groups is 1. The summed E-state index contributed by atoms with van der Waals surface area (Å²) in [6.45, 7) is 8.27. The Bertz CT molecular complexity index is 631. The number of amides is 1. The van der Waals surface area contributed by atoms with Crippen LogP contribution < -0.4 is 5.32 Å². The quantitative estimate of drug-likeness (QED) is 0.713. The Kier molecular flexibility index (Phi) is 6.63. The van der Waals surface area contributed by atoms with Crippen LogP contribution in [0.4, 0.5) is 0 Å². The van der Waals surface area contributed by atoms with Crippen molar-refractivity contribution in [1.82, 2.24) is 14.9 Å². The van der Waals surface area contributed by atoms with Crippen molar-refractivity contribution >= 4 is 16.9 Å². The summed E-state index contributed by atoms with van der Waals surface area (Å²) >= 11 is 0. The fourth-order valence-corrected chi connectivity index (χ4v) is 2.74. The van der Waals surface area contributed by atoms with Crippen molar-refractivity contribution in [3.8, 4) is 0 Å². The molecule has 1 aromatic carbocycles. The number of aryl methyl sites for hydroxylation is 2. The summed E-state index contributed by atoms with van der Waals surface area (Å²) in [7, 11) is 0. The van der Waals surface area contributed by atoms with Crippen molar-refractivity contribution in [2.45, 2.75) is 59.4 Å². The van der Waals surface area contributed by atoms with Crippen molar-refractivity contribution < 1.29 is 4.79 Å². The molecule has 0 unspecified atom stereocenters. The molecule has 0 aliphatic carbocycles. The van der Waals surface area contributed by atoms with E-state index < -0.39 is 0 Å². The molecule has 23 heavy (non-hydrogen) atoms. The number of imidazole rings is 1. The van der Waals surface area contributed by atoms with E-state index >= 15 is 0 Å². The van der Waals surface area contributed by atoms with Crippen molar-refractivity contribution in [3.05, 3.63) is 30.1 Å². The molecule has 0 radical (unpaired) electrons. The van der Waals surface area contributed by atoms with Gasteiger partial charge in [0.25, 0.3) is 0 Å². The lowest BCUT2D eigenvalue weighted by molar-refractivity contribution is -0.121. The maximum Gasteiger partial charge on any atom is 0.219 e. The van der Waals surface area contributed by atoms with Gasteiger partial charge in [-0.1, -0.05) is 32.9 Å². The third-order valence-electron chi connectivity index (χ3n) is 4.04. The monoisotopic (exact) mass is 315 g/mol. The lowest BCUT2D eigenvalue weighted by atomic mass is 10.1. The second kappa shape index (κ2) is 8.70. The van der Waals surface area contributed by atoms with E-state index in [0.29, 0.717) is 12.3 Å². The standard InChI is InChI=1S/C19H29N3O/c1-4-8-19(23)20-13-7-11-18-21-16-9-5-6-10-17(16)22(18)14-12-15(2)3/h5-6,9-10,15H,4,7-8,11-14H2,1-3H3,(H,20,23). The highest BCUT2D eigenvalue weighted by Crippen LogP contribution is 2.18. The number of aromatic nitrogens is 2. The molecule has 0 aliphatic heterocycles. The molecule has 0 atom stereocenters. The van der Waals surface area contributed by atoms with Gasteiger partial charge in [0.15, 0.2) is 0 Å². The van der Waals surface area contributed by atoms with Crippen LogP contribution in [-0.2, 0) is 17.8 Å². The van der Waals surface area contributed by atoms with Crippen LogP contribution in [0.25, 0.3) is 11.0 Å². The predicted octanol–water partition coefficient (Wildman–Crippen LogP) is 3.93. The third kappa shape index (κ3) is 5.08. The van der Waals surface area contributed by atoms with Crippen molar-refractivity contribution in [1.29, 1.82) is 0 Å². The number of hydrogen-bond donors (Lipinski definition) is 1. The number of nitrogens with one attached hydrogen (secondary N) is 1. The zero-order valence-corrected chi connectivity index (χ0v) is 14.6. The number of para-hydroxylation sites is 2. The minimum absolute atomic E-state index is 0.154. The highest BCUT2D eigenvalue weighted by Gasteiger charge is 2.10. The van der Waals surface area contributed by atoms with Crippen LogP contribution in [0.5, 0.6) is 0 Å². The molecular weight excluding hydrogens is 286 g/mol. The maximum absolute atomic E-state index is 11.5. The molecule has 0 aliphatic rings. The molecule has 4 nitrogen and oxygen atoms in total. The van der Waals surface area contributed by atoms with Crippen LogP contribution in [0.1, 0.15) is 52.3 Å². The fraction of sp³-hybridized carbons (Fsp3) is 0.579. The molecule has 4 heteroatoms. The highest BCUT2D eigenvalue weighted by molar-refractivity contribution is 5.76. The Morgan fingerprint density at radius 2 is 2.09 bits per heavy atom. The second-order valence-corrected chi connectivity index (χ2v) is 6.55. The van der Waals surface area contributed by atoms with Crippen molar-refractivity contribution in [2.24, 2.45) is 5.92 Å². The van der Waals surface area contributed by atoms with Gasteiger partial charge in [-0.05, 0) is 37.3 Å². The largest absolute Gasteiger partial charge is 0.356 e. The summed E-state index contributed by atoms with van der Waals surface area (Å²) in [5.74, 6) is 1.97. The number of nitrogens with zero attached hydrogens (tertiary/aromatic N) is 2. The van der Waals surface area contributed by atoms with Crippen molar-refractivity contribution in [3.63, 3.8) is 0 Å². The van der Waals surface area contributed by atoms with Crippen LogP contribution in [0.3, 0.4) is 0 Å². The number of carbonyl (C=O) groups excluding carboxylic acids is 1. The van der Waals surface area contributed by atoms with E-state index in [0.717, 1.165) is 50.1 Å². The third-order valence-corrected chi connectivity index (χ3v) is 4.04. The van der Waals surface area contributed by atoms with Crippen LogP contribution >= 0.6 is 0 Å². The minimum atomic E-state index is 0.154. The van der Waals surface area contributed by atoms with Gasteiger partial charge in [0, 0.05) is 25.9 Å². The first kappa shape index (κ1) is 17.5. The first-order valence-corrected chi connectivity index (χ1v) is 8.82. The van der Waals surface area contributed by atoms with Crippen LogP contribution in [-0.4, -0.2) is 22.0 Å². The first-order chi connectivity index (χ1) is 11.1. The summed E-state index contributed by atoms with van der Waals surface area (Å²) in [4.78, 5) is 16.3. The molecule has 2 rings (SSSR count). The topological polar surface area (TPSA) is 46.9 Å². The van der Waals surface area contributed by atoms with Gasteiger partial charge in [0.05, 0.1) is 11.0 Å². The van der Waals surface area contributed by atoms with Crippen LogP contribution in [0, 0.1) is 5.92 Å². The van der Waals surface area contributed by atoms with E-state index in [-0.39, 0.29) is 5.91 Å². The minimum Gasteiger partial charge on any atom is -0.356 e. The Morgan fingerprint density at radius 3 is 2.83 bits per heavy atom. The highest BCUT2D eigenvalue weighted by atomic mass is 16.1. The molecule has 1 N–H and O–H groups in total. The SMILES string of the molecule is CCCC(=O)NCCCc1nc2ccccc2n1CCC(C)C. The van der Waals surface area contributed by atoms with Gasteiger partial charge in [-0.25, -0.2) is 4.98 Å². The van der Waals surface area contributed by atoms with E-state index in [9.17, 15) is 4.79 Å². The number of rotatable bonds is 9. The zero-order valence-electron chi connectivity index (χ0n) is 14.6. The summed E-state index contributed by atoms with van der Waals surface area (Å²) in [5, 5.41) is 2.98. The van der Waals surface area contributed by atoms with Gasteiger partial charge in [0.2, 0.25) is 5.91 Å². The Morgan fingerprint density at radius 1 is 1.30 bits per heavy atom. The first-order valence-electron chi connectivity index (χ1n) is 8.82. The molecule has 0 bridgehead atoms. The number of fused-ring (bicyclic) bond motifs is 1. The number of hydrogen-bond acceptors (Lipinski definition) is 2. The maximum atomic E-state index is 11.5. The fourth-order valence-electron chi connectivity index (χ4n) is 2.74. The summed E-state index contributed by atoms with van der Waals surface area (Å²) in [6.07, 6.45) is 4.50. The zero-order chi connectivity index (χ0) is 16.7. The molecule has 2 aromatic rings. The molecule has 1 amide bonds. The average Bonchev–Trinajstić information content (AvgIpc) is 2.87. The molecule has 0 saturated carbocycles. The van der Waals surface area contributed by atoms with Gasteiger partial charge in [-0.3, -0.25) is 4.79 Å². The number of benzene rings is 1. The summed E-state index contributed by atoms with van der Waals surface area (Å²) < 4.78 is 2.35. The molecule has 0 spiro atoms. The van der Waals surface area contributed by atoms with Gasteiger partial charge < -0.3 is 9.88 Å². The normalized spacial score (nSPS) is 11.3. The van der Waals surface area contributed by atoms with Gasteiger partial charge in [-0.2, -0.15) is 0 Å². The lowest BCUT2D eigenvalue weighted by Gasteiger charge is -2.11.